The van der Waals surface area contributed by atoms with E-state index >= 15 is 0 Å². The number of methoxy groups -OCH3 is 1. The molecule has 1 aromatic heterocycles. The first kappa shape index (κ1) is 14.9. The number of rotatable bonds is 4. The van der Waals surface area contributed by atoms with E-state index in [1.54, 1.807) is 12.1 Å². The molecule has 21 heavy (non-hydrogen) atoms. The van der Waals surface area contributed by atoms with Crippen LogP contribution in [0.25, 0.3) is 0 Å². The molecule has 0 aliphatic carbocycles. The number of hydrogen-bond acceptors (Lipinski definition) is 5. The molecule has 0 saturated heterocycles. The highest BCUT2D eigenvalue weighted by molar-refractivity contribution is 7.89. The van der Waals surface area contributed by atoms with Crippen molar-refractivity contribution in [3.63, 3.8) is 0 Å². The summed E-state index contributed by atoms with van der Waals surface area (Å²) in [5, 5.41) is 7.60. The summed E-state index contributed by atoms with van der Waals surface area (Å²) < 4.78 is 28.0. The number of pyridine rings is 1. The molecule has 0 unspecified atom stereocenters. The van der Waals surface area contributed by atoms with E-state index in [9.17, 15) is 13.2 Å². The third-order valence-corrected chi connectivity index (χ3v) is 3.62. The summed E-state index contributed by atoms with van der Waals surface area (Å²) in [5.74, 6) is -0.404. The average molecular weight is 307 g/mol. The van der Waals surface area contributed by atoms with Gasteiger partial charge in [-0.25, -0.2) is 18.5 Å². The Morgan fingerprint density at radius 1 is 1.24 bits per heavy atom. The van der Waals surface area contributed by atoms with Crippen molar-refractivity contribution in [2.75, 3.05) is 12.4 Å². The molecule has 1 amide bonds. The van der Waals surface area contributed by atoms with Crippen LogP contribution >= 0.6 is 0 Å². The fourth-order valence-electron chi connectivity index (χ4n) is 1.73. The number of carbonyl (C=O) groups excluding carboxylic acids is 1. The van der Waals surface area contributed by atoms with Crippen molar-refractivity contribution in [2.45, 2.75) is 4.90 Å². The van der Waals surface area contributed by atoms with Crippen LogP contribution in [0.3, 0.4) is 0 Å². The number of amides is 1. The zero-order valence-corrected chi connectivity index (χ0v) is 11.9. The maximum Gasteiger partial charge on any atom is 0.261 e. The second-order valence-electron chi connectivity index (χ2n) is 4.06. The fourth-order valence-corrected chi connectivity index (χ4v) is 2.43. The summed E-state index contributed by atoms with van der Waals surface area (Å²) in [5.41, 5.74) is 0.278. The second kappa shape index (κ2) is 5.90. The van der Waals surface area contributed by atoms with Crippen LogP contribution in [0.1, 0.15) is 10.4 Å². The van der Waals surface area contributed by atoms with Crippen LogP contribution in [-0.2, 0) is 10.0 Å². The van der Waals surface area contributed by atoms with Crippen LogP contribution in [0.2, 0.25) is 0 Å². The number of benzene rings is 1. The van der Waals surface area contributed by atoms with E-state index in [2.05, 4.69) is 10.3 Å². The van der Waals surface area contributed by atoms with E-state index < -0.39 is 15.9 Å². The standard InChI is InChI=1S/C13H13N3O4S/c1-20-13-9(5-4-8-15-13)12(17)16-10-6-2-3-7-11(10)21(14,18)19/h2-8H,1H3,(H,16,17)(H2,14,18,19). The summed E-state index contributed by atoms with van der Waals surface area (Å²) in [4.78, 5) is 15.9. The monoisotopic (exact) mass is 307 g/mol. The normalized spacial score (nSPS) is 11.0. The van der Waals surface area contributed by atoms with Crippen molar-refractivity contribution >= 4 is 21.6 Å². The van der Waals surface area contributed by atoms with E-state index in [4.69, 9.17) is 9.88 Å². The van der Waals surface area contributed by atoms with E-state index in [0.29, 0.717) is 0 Å². The van der Waals surface area contributed by atoms with Crippen LogP contribution in [0.15, 0.2) is 47.5 Å². The molecule has 2 aromatic rings. The zero-order chi connectivity index (χ0) is 15.5. The van der Waals surface area contributed by atoms with Gasteiger partial charge >= 0.3 is 0 Å². The lowest BCUT2D eigenvalue weighted by Crippen LogP contribution is -2.19. The molecule has 3 N–H and O–H groups in total. The molecular formula is C13H13N3O4S. The number of nitrogens with zero attached hydrogens (tertiary/aromatic N) is 1. The van der Waals surface area contributed by atoms with Crippen LogP contribution in [0, 0.1) is 0 Å². The number of hydrogen-bond donors (Lipinski definition) is 2. The number of sulfonamides is 1. The van der Waals surface area contributed by atoms with Gasteiger partial charge in [-0.05, 0) is 24.3 Å². The third kappa shape index (κ3) is 3.36. The summed E-state index contributed by atoms with van der Waals surface area (Å²) >= 11 is 0. The topological polar surface area (TPSA) is 111 Å². The number of anilines is 1. The van der Waals surface area contributed by atoms with Crippen LogP contribution in [0.5, 0.6) is 5.88 Å². The molecule has 8 heteroatoms. The minimum absolute atomic E-state index is 0.0934. The third-order valence-electron chi connectivity index (χ3n) is 2.65. The van der Waals surface area contributed by atoms with Gasteiger partial charge in [-0.1, -0.05) is 12.1 Å². The van der Waals surface area contributed by atoms with Crippen molar-refractivity contribution in [3.05, 3.63) is 48.2 Å². The number of para-hydroxylation sites is 1. The van der Waals surface area contributed by atoms with E-state index in [-0.39, 0.29) is 22.0 Å². The SMILES string of the molecule is COc1ncccc1C(=O)Nc1ccccc1S(N)(=O)=O. The molecule has 7 nitrogen and oxygen atoms in total. The van der Waals surface area contributed by atoms with Gasteiger partial charge in [0.05, 0.1) is 12.8 Å². The van der Waals surface area contributed by atoms with Gasteiger partial charge in [0.25, 0.3) is 5.91 Å². The quantitative estimate of drug-likeness (QED) is 0.875. The Bertz CT molecular complexity index is 774. The Kier molecular flexibility index (Phi) is 4.20. The Morgan fingerprint density at radius 2 is 1.95 bits per heavy atom. The van der Waals surface area contributed by atoms with Gasteiger partial charge in [0.15, 0.2) is 0 Å². The van der Waals surface area contributed by atoms with Crippen molar-refractivity contribution in [3.8, 4) is 5.88 Å². The maximum absolute atomic E-state index is 12.2. The highest BCUT2D eigenvalue weighted by Crippen LogP contribution is 2.21. The Labute approximate surface area is 121 Å². The number of nitrogens with two attached hydrogens (primary N) is 1. The molecule has 2 rings (SSSR count). The molecule has 0 radical (unpaired) electrons. The summed E-state index contributed by atoms with van der Waals surface area (Å²) in [6.07, 6.45) is 1.48. The number of primary sulfonamides is 1. The number of nitrogens with one attached hydrogen (secondary N) is 1. The Balaban J connectivity index is 2.37. The maximum atomic E-state index is 12.2. The highest BCUT2D eigenvalue weighted by atomic mass is 32.2. The first-order valence-electron chi connectivity index (χ1n) is 5.85. The Hall–Kier alpha value is -2.45. The highest BCUT2D eigenvalue weighted by Gasteiger charge is 2.18. The molecule has 0 aliphatic rings. The Morgan fingerprint density at radius 3 is 2.62 bits per heavy atom. The van der Waals surface area contributed by atoms with Gasteiger partial charge in [-0.2, -0.15) is 0 Å². The molecule has 0 bridgehead atoms. The van der Waals surface area contributed by atoms with E-state index in [1.165, 1.54) is 37.6 Å². The van der Waals surface area contributed by atoms with E-state index in [0.717, 1.165) is 0 Å². The van der Waals surface area contributed by atoms with Gasteiger partial charge in [0.2, 0.25) is 15.9 Å². The molecule has 0 saturated carbocycles. The second-order valence-corrected chi connectivity index (χ2v) is 5.59. The summed E-state index contributed by atoms with van der Waals surface area (Å²) in [7, 11) is -2.55. The smallest absolute Gasteiger partial charge is 0.261 e. The van der Waals surface area contributed by atoms with Crippen LogP contribution < -0.4 is 15.2 Å². The first-order valence-corrected chi connectivity index (χ1v) is 7.40. The molecule has 0 fully saturated rings. The zero-order valence-electron chi connectivity index (χ0n) is 11.1. The molecule has 110 valence electrons. The van der Waals surface area contributed by atoms with E-state index in [1.807, 2.05) is 0 Å². The lowest BCUT2D eigenvalue weighted by molar-refractivity contribution is 0.102. The minimum Gasteiger partial charge on any atom is -0.480 e. The van der Waals surface area contributed by atoms with Gasteiger partial charge in [-0.15, -0.1) is 0 Å². The lowest BCUT2D eigenvalue weighted by atomic mass is 10.2. The van der Waals surface area contributed by atoms with Gasteiger partial charge in [0.1, 0.15) is 10.5 Å². The van der Waals surface area contributed by atoms with Crippen LogP contribution in [-0.4, -0.2) is 26.4 Å². The predicted molar refractivity (Wildman–Crippen MR) is 76.6 cm³/mol. The summed E-state index contributed by atoms with van der Waals surface area (Å²) in [6.45, 7) is 0. The first-order chi connectivity index (χ1) is 9.93. The van der Waals surface area contributed by atoms with Crippen molar-refractivity contribution in [1.82, 2.24) is 4.98 Å². The number of aromatic nitrogens is 1. The largest absolute Gasteiger partial charge is 0.480 e. The molecule has 0 aliphatic heterocycles. The van der Waals surface area contributed by atoms with Gasteiger partial charge < -0.3 is 10.1 Å². The van der Waals surface area contributed by atoms with Crippen molar-refractivity contribution in [1.29, 1.82) is 0 Å². The molecule has 1 heterocycles. The van der Waals surface area contributed by atoms with Crippen molar-refractivity contribution in [2.24, 2.45) is 5.14 Å². The lowest BCUT2D eigenvalue weighted by Gasteiger charge is -2.10. The minimum atomic E-state index is -3.94. The average Bonchev–Trinajstić information content (AvgIpc) is 2.46. The molecule has 1 aromatic carbocycles. The predicted octanol–water partition coefficient (Wildman–Crippen LogP) is 0.990. The van der Waals surface area contributed by atoms with Crippen molar-refractivity contribution < 1.29 is 17.9 Å². The van der Waals surface area contributed by atoms with Gasteiger partial charge in [-0.3, -0.25) is 4.79 Å². The molecule has 0 atom stereocenters. The fraction of sp³-hybridized carbons (Fsp3) is 0.0769. The summed E-state index contributed by atoms with van der Waals surface area (Å²) in [6, 6.07) is 8.94. The van der Waals surface area contributed by atoms with Gasteiger partial charge in [0, 0.05) is 6.20 Å². The molecule has 0 spiro atoms. The number of ether oxygens (including phenoxy) is 1. The molecular weight excluding hydrogens is 294 g/mol. The van der Waals surface area contributed by atoms with Crippen LogP contribution in [0.4, 0.5) is 5.69 Å². The number of carbonyl (C=O) groups is 1.